The van der Waals surface area contributed by atoms with E-state index < -0.39 is 0 Å². The lowest BCUT2D eigenvalue weighted by Gasteiger charge is -2.25. The number of nitrogens with zero attached hydrogens (tertiary/aromatic N) is 3. The fourth-order valence-electron chi connectivity index (χ4n) is 3.31. The van der Waals surface area contributed by atoms with E-state index in [0.717, 1.165) is 0 Å². The average molecular weight is 429 g/mol. The van der Waals surface area contributed by atoms with Crippen molar-refractivity contribution < 1.29 is 14.4 Å². The summed E-state index contributed by atoms with van der Waals surface area (Å²) in [5.41, 5.74) is 1.18. The summed E-state index contributed by atoms with van der Waals surface area (Å²) in [6.07, 6.45) is 0.672. The van der Waals surface area contributed by atoms with Crippen molar-refractivity contribution in [3.8, 4) is 0 Å². The highest BCUT2D eigenvalue weighted by Gasteiger charge is 2.24. The molecule has 0 radical (unpaired) electrons. The predicted molar refractivity (Wildman–Crippen MR) is 117 cm³/mol. The molecule has 1 heterocycles. The van der Waals surface area contributed by atoms with Crippen LogP contribution in [0.5, 0.6) is 0 Å². The Morgan fingerprint density at radius 2 is 1.67 bits per heavy atom. The zero-order chi connectivity index (χ0) is 21.5. The number of amides is 4. The highest BCUT2D eigenvalue weighted by Crippen LogP contribution is 2.16. The minimum Gasteiger partial charge on any atom is -0.339 e. The first-order valence-electron chi connectivity index (χ1n) is 9.84. The normalized spacial score (nSPS) is 14.1. The van der Waals surface area contributed by atoms with Crippen molar-refractivity contribution in [2.45, 2.75) is 6.42 Å². The van der Waals surface area contributed by atoms with Crippen LogP contribution in [0, 0.1) is 0 Å². The summed E-state index contributed by atoms with van der Waals surface area (Å²) >= 11 is 5.96. The van der Waals surface area contributed by atoms with Crippen LogP contribution in [-0.4, -0.2) is 72.3 Å². The lowest BCUT2D eigenvalue weighted by molar-refractivity contribution is -0.131. The largest absolute Gasteiger partial charge is 0.339 e. The molecule has 0 unspecified atom stereocenters. The molecule has 158 valence electrons. The summed E-state index contributed by atoms with van der Waals surface area (Å²) in [6.45, 7) is 1.95. The molecular weight excluding hydrogens is 404 g/mol. The molecular formula is C22H25ClN4O3. The Bertz CT molecular complexity index is 906. The molecule has 1 N–H and O–H groups in total. The topological polar surface area (TPSA) is 73.0 Å². The van der Waals surface area contributed by atoms with Crippen LogP contribution in [0.3, 0.4) is 0 Å². The van der Waals surface area contributed by atoms with Gasteiger partial charge in [-0.3, -0.25) is 9.59 Å². The molecule has 4 amide bonds. The van der Waals surface area contributed by atoms with Crippen molar-refractivity contribution in [2.24, 2.45) is 0 Å². The first-order chi connectivity index (χ1) is 14.4. The Hall–Kier alpha value is -3.06. The molecule has 1 fully saturated rings. The van der Waals surface area contributed by atoms with E-state index in [1.165, 1.54) is 4.90 Å². The Balaban J connectivity index is 1.52. The van der Waals surface area contributed by atoms with Gasteiger partial charge in [0.1, 0.15) is 0 Å². The van der Waals surface area contributed by atoms with E-state index >= 15 is 0 Å². The van der Waals surface area contributed by atoms with Crippen LogP contribution < -0.4 is 5.32 Å². The van der Waals surface area contributed by atoms with Crippen molar-refractivity contribution in [1.82, 2.24) is 14.7 Å². The molecule has 0 bridgehead atoms. The highest BCUT2D eigenvalue weighted by atomic mass is 35.5. The van der Waals surface area contributed by atoms with Crippen molar-refractivity contribution in [2.75, 3.05) is 45.1 Å². The number of rotatable bonds is 4. The van der Waals surface area contributed by atoms with E-state index in [2.05, 4.69) is 5.32 Å². The Morgan fingerprint density at radius 1 is 0.967 bits per heavy atom. The number of hydrogen-bond acceptors (Lipinski definition) is 3. The molecule has 0 atom stereocenters. The van der Waals surface area contributed by atoms with Gasteiger partial charge in [-0.2, -0.15) is 0 Å². The molecule has 1 aliphatic heterocycles. The van der Waals surface area contributed by atoms with E-state index in [9.17, 15) is 14.4 Å². The van der Waals surface area contributed by atoms with Gasteiger partial charge in [-0.05, 0) is 36.8 Å². The zero-order valence-electron chi connectivity index (χ0n) is 16.9. The monoisotopic (exact) mass is 428 g/mol. The maximum atomic E-state index is 12.7. The zero-order valence-corrected chi connectivity index (χ0v) is 17.6. The average Bonchev–Trinajstić information content (AvgIpc) is 3.00. The van der Waals surface area contributed by atoms with E-state index in [1.807, 2.05) is 6.07 Å². The highest BCUT2D eigenvalue weighted by molar-refractivity contribution is 6.30. The molecule has 2 aromatic carbocycles. The molecule has 3 rings (SSSR count). The van der Waals surface area contributed by atoms with Gasteiger partial charge in [-0.15, -0.1) is 0 Å². The molecule has 2 aromatic rings. The number of carbonyl (C=O) groups is 3. The van der Waals surface area contributed by atoms with E-state index in [4.69, 9.17) is 11.6 Å². The van der Waals surface area contributed by atoms with Gasteiger partial charge in [0.05, 0.1) is 6.54 Å². The number of benzene rings is 2. The first-order valence-corrected chi connectivity index (χ1v) is 10.2. The summed E-state index contributed by atoms with van der Waals surface area (Å²) in [6, 6.07) is 15.6. The molecule has 1 aliphatic rings. The molecule has 0 aliphatic carbocycles. The fraction of sp³-hybridized carbons (Fsp3) is 0.318. The van der Waals surface area contributed by atoms with Gasteiger partial charge in [0.25, 0.3) is 5.91 Å². The fourth-order valence-corrected chi connectivity index (χ4v) is 3.50. The lowest BCUT2D eigenvalue weighted by atomic mass is 10.2. The Labute approximate surface area is 181 Å². The second kappa shape index (κ2) is 10.1. The molecule has 0 aromatic heterocycles. The van der Waals surface area contributed by atoms with Gasteiger partial charge >= 0.3 is 6.03 Å². The maximum Gasteiger partial charge on any atom is 0.321 e. The van der Waals surface area contributed by atoms with Crippen molar-refractivity contribution in [1.29, 1.82) is 0 Å². The smallest absolute Gasteiger partial charge is 0.321 e. The number of halogens is 1. The third-order valence-corrected chi connectivity index (χ3v) is 5.19. The minimum atomic E-state index is -0.220. The second-order valence-electron chi connectivity index (χ2n) is 7.19. The third kappa shape index (κ3) is 5.73. The first kappa shape index (κ1) is 21.6. The predicted octanol–water partition coefficient (Wildman–Crippen LogP) is 3.18. The van der Waals surface area contributed by atoms with E-state index in [-0.39, 0.29) is 24.4 Å². The quantitative estimate of drug-likeness (QED) is 0.812. The number of nitrogens with one attached hydrogen (secondary N) is 1. The Kier molecular flexibility index (Phi) is 7.30. The van der Waals surface area contributed by atoms with Crippen LogP contribution in [0.4, 0.5) is 10.5 Å². The van der Waals surface area contributed by atoms with Gasteiger partial charge in [-0.25, -0.2) is 4.79 Å². The van der Waals surface area contributed by atoms with Gasteiger partial charge in [0, 0.05) is 49.5 Å². The molecule has 0 spiro atoms. The SMILES string of the molecule is CN(CC(=O)N1CCCN(C(=O)Nc2cccc(Cl)c2)CC1)C(=O)c1ccccc1. The number of urea groups is 1. The van der Waals surface area contributed by atoms with E-state index in [1.54, 1.807) is 65.4 Å². The van der Waals surface area contributed by atoms with Gasteiger partial charge in [-0.1, -0.05) is 35.9 Å². The van der Waals surface area contributed by atoms with Crippen LogP contribution in [-0.2, 0) is 4.79 Å². The number of carbonyl (C=O) groups excluding carboxylic acids is 3. The summed E-state index contributed by atoms with van der Waals surface area (Å²) in [5, 5.41) is 3.39. The summed E-state index contributed by atoms with van der Waals surface area (Å²) in [4.78, 5) is 42.5. The van der Waals surface area contributed by atoms with Gasteiger partial charge < -0.3 is 20.0 Å². The summed E-state index contributed by atoms with van der Waals surface area (Å²) in [7, 11) is 1.62. The maximum absolute atomic E-state index is 12.7. The second-order valence-corrected chi connectivity index (χ2v) is 7.63. The van der Waals surface area contributed by atoms with Crippen LogP contribution in [0.2, 0.25) is 5.02 Å². The number of hydrogen-bond donors (Lipinski definition) is 1. The van der Waals surface area contributed by atoms with Crippen LogP contribution in [0.25, 0.3) is 0 Å². The molecule has 7 nitrogen and oxygen atoms in total. The van der Waals surface area contributed by atoms with Crippen LogP contribution in [0.1, 0.15) is 16.8 Å². The van der Waals surface area contributed by atoms with E-state index in [0.29, 0.717) is 48.9 Å². The third-order valence-electron chi connectivity index (χ3n) is 4.95. The molecule has 1 saturated heterocycles. The minimum absolute atomic E-state index is 0.00242. The summed E-state index contributed by atoms with van der Waals surface area (Å²) in [5.74, 6) is -0.319. The van der Waals surface area contributed by atoms with Crippen molar-refractivity contribution in [3.63, 3.8) is 0 Å². The molecule has 0 saturated carbocycles. The van der Waals surface area contributed by atoms with Crippen molar-refractivity contribution >= 4 is 35.1 Å². The number of likely N-dealkylation sites (N-methyl/N-ethyl adjacent to an activating group) is 1. The standard InChI is InChI=1S/C22H25ClN4O3/c1-25(21(29)17-7-3-2-4-8-17)16-20(28)26-11-6-12-27(14-13-26)22(30)24-19-10-5-9-18(23)15-19/h2-5,7-10,15H,6,11-14,16H2,1H3,(H,24,30). The van der Waals surface area contributed by atoms with Crippen LogP contribution >= 0.6 is 11.6 Å². The van der Waals surface area contributed by atoms with Gasteiger partial charge in [0.15, 0.2) is 0 Å². The molecule has 30 heavy (non-hydrogen) atoms. The lowest BCUT2D eigenvalue weighted by Crippen LogP contribution is -2.43. The van der Waals surface area contributed by atoms with Crippen LogP contribution in [0.15, 0.2) is 54.6 Å². The molecule has 8 heteroatoms. The summed E-state index contributed by atoms with van der Waals surface area (Å²) < 4.78 is 0. The number of anilines is 1. The van der Waals surface area contributed by atoms with Gasteiger partial charge in [0.2, 0.25) is 5.91 Å². The van der Waals surface area contributed by atoms with Crippen molar-refractivity contribution in [3.05, 3.63) is 65.2 Å². The Morgan fingerprint density at radius 3 is 2.40 bits per heavy atom.